The molecule has 1 unspecified atom stereocenters. The second kappa shape index (κ2) is 77.5. The Morgan fingerprint density at radius 2 is 0.644 bits per heavy atom. The van der Waals surface area contributed by atoms with E-state index in [0.29, 0.717) is 99.5 Å². The molecule has 3 heterocycles. The Labute approximate surface area is 902 Å². The Kier molecular flexibility index (Phi) is 78.8. The summed E-state index contributed by atoms with van der Waals surface area (Å²) in [6, 6.07) is 81.9. The minimum absolute atomic E-state index is 0. The standard InChI is InChI=1S/C11H10O2.C11H8O2.C8H6N2O3.C8H7NO2S.C8H9NO2.2C8H9NO.C8H8O2.C8H8O.9C5H12.3CH4/c1-8-7-13-11(12)10(8)9-5-3-2-4-6-9;1-7-9(11(13)10(7)12)8-5-3-2-4-6-8;11-7-9-8(12)13-10(7)6-4-2-1-3-5-6;10-12-9-8(6-11-12)7-4-2-1-3-5-7;1-9(11)8(10)7-5-3-2-4-6-7;2*1-9-8(10)7-5-3-2-4-6-7;9-6-8(10)7-4-2-1-3-5-7;1-7(9)8-5-3-2-4-6-8;9*1-5(2,3)4;;;/h2-6H,7H2,1H3;2-6H,1H3;1-5H,(H,9,11,12);1-6,9H;2-6,11H,1H3;2*2-6H,1H3,(H,9,10);1-5,9H,6H2;2-6H,1H3;9*1-4H3;3*1H4. The van der Waals surface area contributed by atoms with E-state index < -0.39 is 35.2 Å². The third kappa shape index (κ3) is 99.6. The number of hydroxylamine groups is 2. The lowest BCUT2D eigenvalue weighted by Crippen LogP contribution is -2.35. The van der Waals surface area contributed by atoms with Crippen molar-refractivity contribution < 1.29 is 56.7 Å². The van der Waals surface area contributed by atoms with E-state index in [1.54, 1.807) is 131 Å². The number of aromatic amines is 1. The molecule has 0 saturated heterocycles. The van der Waals surface area contributed by atoms with E-state index in [9.17, 15) is 52.2 Å². The summed E-state index contributed by atoms with van der Waals surface area (Å²) in [5.74, 6) is -1.56. The van der Waals surface area contributed by atoms with Crippen LogP contribution < -0.4 is 37.7 Å². The van der Waals surface area contributed by atoms with Crippen molar-refractivity contribution in [2.24, 2.45) is 48.7 Å². The van der Waals surface area contributed by atoms with Crippen LogP contribution in [0.15, 0.2) is 309 Å². The summed E-state index contributed by atoms with van der Waals surface area (Å²) in [5, 5.41) is 22.8. The number of nitrogens with one attached hydrogen (secondary N) is 4. The molecule has 830 valence electrons. The normalized spacial score (nSPS) is 11.6. The number of nitrogens with zero attached hydrogens (tertiary/aromatic N) is 2. The number of cyclic esters (lactones) is 1. The van der Waals surface area contributed by atoms with Crippen LogP contribution in [0.4, 0.5) is 0 Å². The van der Waals surface area contributed by atoms with Crippen molar-refractivity contribution in [3.8, 4) is 16.8 Å². The van der Waals surface area contributed by atoms with Gasteiger partial charge in [-0.25, -0.2) is 24.4 Å². The van der Waals surface area contributed by atoms with Gasteiger partial charge in [-0.2, -0.15) is 4.21 Å². The van der Waals surface area contributed by atoms with Gasteiger partial charge in [0.15, 0.2) is 11.6 Å². The molecule has 23 heteroatoms. The molecule has 0 aliphatic carbocycles. The van der Waals surface area contributed by atoms with Gasteiger partial charge >= 0.3 is 28.7 Å². The number of aromatic nitrogens is 2. The number of hydrogen-bond donors (Lipinski definition) is 6. The van der Waals surface area contributed by atoms with E-state index >= 15 is 0 Å². The molecule has 2 aliphatic heterocycles. The van der Waals surface area contributed by atoms with Gasteiger partial charge in [-0.05, 0) is 135 Å². The number of H-pyrrole nitrogens is 1. The fraction of sp³-hybridized carbons (Fsp3) is 0.444. The number of para-hydroxylation sites is 1. The highest BCUT2D eigenvalue weighted by atomic mass is 32.2. The van der Waals surface area contributed by atoms with E-state index in [-0.39, 0.29) is 62.5 Å². The van der Waals surface area contributed by atoms with E-state index in [2.05, 4.69) is 269 Å². The number of amides is 3. The second-order valence-electron chi connectivity index (χ2n) is 47.8. The maximum absolute atomic E-state index is 11.3. The van der Waals surface area contributed by atoms with Crippen LogP contribution in [0.2, 0.25) is 0 Å². The summed E-state index contributed by atoms with van der Waals surface area (Å²) in [4.78, 5) is 111. The predicted octanol–water partition coefficient (Wildman–Crippen LogP) is 30.9. The average molecular weight is 2080 g/mol. The molecule has 0 radical (unpaired) electrons. The summed E-state index contributed by atoms with van der Waals surface area (Å²) >= 11 is -1.40. The largest absolute Gasteiger partial charge is 0.458 e. The maximum atomic E-state index is 11.3. The van der Waals surface area contributed by atoms with Crippen molar-refractivity contribution in [1.29, 1.82) is 0 Å². The third-order valence-corrected chi connectivity index (χ3v) is 14.3. The Morgan fingerprint density at radius 1 is 0.383 bits per heavy atom. The Morgan fingerprint density at radius 3 is 0.872 bits per heavy atom. The zero-order valence-corrected chi connectivity index (χ0v) is 97.2. The lowest BCUT2D eigenvalue weighted by atomic mass is 9.95. The average Bonchev–Trinajstić information content (AvgIpc) is 1.75. The molecule has 149 heavy (non-hydrogen) atoms. The van der Waals surface area contributed by atoms with Gasteiger partial charge in [0.2, 0.25) is 10.9 Å². The SMILES string of the molecule is C.C.C.CC(=O)c1ccccc1.CC(C)(C)C.CC(C)(C)C.CC(C)(C)C.CC(C)(C)C.CC(C)(C)C.CC(C)(C)C.CC(C)(C)C.CC(C)(C)C.CC(C)(C)C.CC1=C(c2ccccc2)C(=O)OC1.CN(O)C(=O)c1ccccc1.CNC(=O)c1ccccc1.CNC(=O)c1ccccc1.Cc1c(-c2ccccc2)c(=O)c1=O.O=C(CO)c1ccccc1.O=S1NC(c2ccccc2)=CO1.O=c1[nH]c(=O)n(-c2ccccc2)o1. The van der Waals surface area contributed by atoms with Crippen molar-refractivity contribution in [2.75, 3.05) is 34.4 Å². The highest BCUT2D eigenvalue weighted by molar-refractivity contribution is 7.78. The van der Waals surface area contributed by atoms with Crippen LogP contribution in [0.5, 0.6) is 0 Å². The van der Waals surface area contributed by atoms with Crippen LogP contribution in [0.25, 0.3) is 28.1 Å². The molecular formula is C126H194N6O16S. The number of carbonyl (C=O) groups excluding carboxylic acids is 6. The van der Waals surface area contributed by atoms with Crippen LogP contribution in [-0.4, -0.2) is 98.9 Å². The Balaban J connectivity index is -0.000000238. The fourth-order valence-electron chi connectivity index (χ4n) is 8.54. The summed E-state index contributed by atoms with van der Waals surface area (Å²) in [6.45, 7) is 83.9. The number of esters is 1. The van der Waals surface area contributed by atoms with Gasteiger partial charge in [0, 0.05) is 65.7 Å². The number of ether oxygens (including phenoxy) is 1. The number of aliphatic hydroxyl groups excluding tert-OH is 1. The summed E-state index contributed by atoms with van der Waals surface area (Å²) in [5.41, 5.74) is 13.4. The van der Waals surface area contributed by atoms with E-state index in [4.69, 9.17) is 19.2 Å². The first-order valence-corrected chi connectivity index (χ1v) is 49.8. The van der Waals surface area contributed by atoms with Crippen molar-refractivity contribution in [1.82, 2.24) is 30.1 Å². The molecular weight excluding hydrogens is 1890 g/mol. The Hall–Kier alpha value is -12.8. The van der Waals surface area contributed by atoms with Crippen molar-refractivity contribution in [2.45, 2.75) is 292 Å². The smallest absolute Gasteiger partial charge is 0.440 e. The third-order valence-electron chi connectivity index (χ3n) is 13.7. The van der Waals surface area contributed by atoms with Gasteiger partial charge in [-0.15, -0.1) is 4.74 Å². The number of hydrogen-bond acceptors (Lipinski definition) is 16. The molecule has 22 nitrogen and oxygen atoms in total. The van der Waals surface area contributed by atoms with Gasteiger partial charge in [0.05, 0.1) is 17.0 Å². The highest BCUT2D eigenvalue weighted by Crippen LogP contribution is 2.26. The van der Waals surface area contributed by atoms with Crippen molar-refractivity contribution in [3.05, 3.63) is 371 Å². The van der Waals surface area contributed by atoms with Gasteiger partial charge in [0.1, 0.15) is 19.5 Å². The van der Waals surface area contributed by atoms with E-state index in [0.717, 1.165) is 43.8 Å². The first-order valence-electron chi connectivity index (χ1n) is 48.8. The minimum atomic E-state index is -1.40. The molecule has 0 fully saturated rings. The number of aliphatic hydroxyl groups is 1. The van der Waals surface area contributed by atoms with E-state index in [1.807, 2.05) is 182 Å². The quantitative estimate of drug-likeness (QED) is 0.0244. The van der Waals surface area contributed by atoms with Crippen LogP contribution in [0, 0.1) is 55.7 Å². The molecule has 1 aromatic heterocycles. The molecule has 6 N–H and O–H groups in total. The lowest BCUT2D eigenvalue weighted by Gasteiger charge is -2.06. The van der Waals surface area contributed by atoms with Gasteiger partial charge < -0.3 is 29.2 Å². The molecule has 0 bridgehead atoms. The molecule has 10 aromatic carbocycles. The molecule has 0 spiro atoms. The first kappa shape index (κ1) is 151. The topological polar surface area (TPSA) is 320 Å². The summed E-state index contributed by atoms with van der Waals surface area (Å²) in [7, 11) is 4.54. The van der Waals surface area contributed by atoms with Crippen molar-refractivity contribution >= 4 is 57.8 Å². The highest BCUT2D eigenvalue weighted by Gasteiger charge is 2.23. The molecule has 0 saturated carbocycles. The van der Waals surface area contributed by atoms with Gasteiger partial charge in [-0.1, -0.05) is 496 Å². The zero-order valence-electron chi connectivity index (χ0n) is 96.4. The second-order valence-corrected chi connectivity index (χ2v) is 48.7. The Bertz CT molecular complexity index is 5320. The number of ketones is 2. The first-order chi connectivity index (χ1) is 66.7. The summed E-state index contributed by atoms with van der Waals surface area (Å²) in [6.07, 6.45) is 1.46. The molecule has 2 aliphatic rings. The molecule has 3 amide bonds. The van der Waals surface area contributed by atoms with Gasteiger partial charge in [0.25, 0.3) is 17.7 Å². The van der Waals surface area contributed by atoms with Crippen LogP contribution in [-0.2, 0) is 25.0 Å². The molecule has 11 aromatic rings. The number of Topliss-reactive ketones (excluding diaryl/α,β-unsaturated/α-hetero) is 2. The van der Waals surface area contributed by atoms with Gasteiger partial charge in [-0.3, -0.25) is 43.5 Å². The maximum Gasteiger partial charge on any atom is 0.440 e. The van der Waals surface area contributed by atoms with Crippen molar-refractivity contribution in [3.63, 3.8) is 0 Å². The summed E-state index contributed by atoms with van der Waals surface area (Å²) < 4.78 is 28.6. The van der Waals surface area contributed by atoms with E-state index in [1.165, 1.54) is 13.3 Å². The monoisotopic (exact) mass is 2080 g/mol. The fourth-order valence-corrected chi connectivity index (χ4v) is 9.11. The van der Waals surface area contributed by atoms with Crippen LogP contribution in [0.3, 0.4) is 0 Å². The number of rotatable bonds is 10. The van der Waals surface area contributed by atoms with Crippen LogP contribution >= 0.6 is 0 Å². The number of benzene rings is 9. The zero-order chi connectivity index (χ0) is 114. The predicted molar refractivity (Wildman–Crippen MR) is 634 cm³/mol. The minimum Gasteiger partial charge on any atom is -0.458 e. The van der Waals surface area contributed by atoms with Crippen LogP contribution in [0.1, 0.15) is 354 Å². The molecule has 1 atom stereocenters. The lowest BCUT2D eigenvalue weighted by molar-refractivity contribution is -0.134. The number of carbonyl (C=O) groups is 6. The molecule has 13 rings (SSSR count).